The zero-order valence-corrected chi connectivity index (χ0v) is 25.2. The largest absolute Gasteiger partial charge is 0.507 e. The molecule has 0 amide bonds. The van der Waals surface area contributed by atoms with Crippen LogP contribution in [-0.2, 0) is 23.9 Å². The van der Waals surface area contributed by atoms with Crippen molar-refractivity contribution in [2.24, 2.45) is 0 Å². The number of aromatic nitrogens is 3. The molecule has 1 aromatic heterocycles. The molecule has 0 bridgehead atoms. The minimum absolute atomic E-state index is 0.117. The predicted molar refractivity (Wildman–Crippen MR) is 157 cm³/mol. The van der Waals surface area contributed by atoms with Crippen LogP contribution in [0.2, 0.25) is 0 Å². The first kappa shape index (κ1) is 29.5. The van der Waals surface area contributed by atoms with Crippen molar-refractivity contribution >= 4 is 0 Å². The average molecular weight is 553 g/mol. The van der Waals surface area contributed by atoms with Gasteiger partial charge >= 0.3 is 5.69 Å². The van der Waals surface area contributed by atoms with Crippen LogP contribution < -0.4 is 19.9 Å². The van der Waals surface area contributed by atoms with Crippen molar-refractivity contribution < 1.29 is 19.3 Å². The average Bonchev–Trinajstić information content (AvgIpc) is 3.46. The number of likely N-dealkylation sites (N-methyl/N-ethyl adjacent to an activating group) is 1. The van der Waals surface area contributed by atoms with Gasteiger partial charge in [-0.25, -0.2) is 9.48 Å². The van der Waals surface area contributed by atoms with Gasteiger partial charge in [-0.05, 0) is 62.0 Å². The molecule has 0 unspecified atom stereocenters. The van der Waals surface area contributed by atoms with Crippen LogP contribution in [0.4, 0.5) is 0 Å². The van der Waals surface area contributed by atoms with Crippen LogP contribution in [0.15, 0.2) is 35.1 Å². The number of ether oxygens (including phenoxy) is 3. The van der Waals surface area contributed by atoms with Gasteiger partial charge in [0.1, 0.15) is 18.1 Å². The monoisotopic (exact) mass is 552 g/mol. The van der Waals surface area contributed by atoms with E-state index in [-0.39, 0.29) is 23.3 Å². The lowest BCUT2D eigenvalue weighted by molar-refractivity contribution is 0.173. The van der Waals surface area contributed by atoms with Gasteiger partial charge in [-0.2, -0.15) is 0 Å². The highest BCUT2D eigenvalue weighted by Gasteiger charge is 2.28. The molecule has 4 rings (SSSR count). The van der Waals surface area contributed by atoms with Crippen LogP contribution in [0.5, 0.6) is 23.0 Å². The van der Waals surface area contributed by atoms with Gasteiger partial charge in [-0.1, -0.05) is 41.5 Å². The lowest BCUT2D eigenvalue weighted by Crippen LogP contribution is -2.28. The number of phenols is 1. The van der Waals surface area contributed by atoms with E-state index in [1.807, 2.05) is 44.3 Å². The number of benzene rings is 2. The molecular formula is C31H44N4O5. The molecule has 0 saturated heterocycles. The van der Waals surface area contributed by atoms with Crippen molar-refractivity contribution in [2.75, 3.05) is 33.5 Å². The maximum Gasteiger partial charge on any atom is 0.346 e. The number of nitrogens with zero attached hydrogens (tertiary/aromatic N) is 4. The Morgan fingerprint density at radius 3 is 2.27 bits per heavy atom. The van der Waals surface area contributed by atoms with Crippen molar-refractivity contribution in [1.29, 1.82) is 0 Å². The second-order valence-corrected chi connectivity index (χ2v) is 12.5. The van der Waals surface area contributed by atoms with Gasteiger partial charge in [0.15, 0.2) is 17.3 Å². The zero-order valence-electron chi connectivity index (χ0n) is 25.2. The number of phenolic OH excluding ortho intramolecular Hbond substituents is 1. The van der Waals surface area contributed by atoms with E-state index in [0.29, 0.717) is 37.0 Å². The summed E-state index contributed by atoms with van der Waals surface area (Å²) in [6.07, 6.45) is 0.774. The molecule has 0 spiro atoms. The summed E-state index contributed by atoms with van der Waals surface area (Å²) in [4.78, 5) is 15.5. The topological polar surface area (TPSA) is 91.0 Å². The van der Waals surface area contributed by atoms with E-state index in [1.165, 1.54) is 0 Å². The highest BCUT2D eigenvalue weighted by molar-refractivity contribution is 5.64. The number of aromatic hydroxyl groups is 1. The summed E-state index contributed by atoms with van der Waals surface area (Å²) in [5, 5.41) is 15.9. The Morgan fingerprint density at radius 1 is 1.00 bits per heavy atom. The number of hydrogen-bond acceptors (Lipinski definition) is 7. The van der Waals surface area contributed by atoms with E-state index in [2.05, 4.69) is 46.4 Å². The molecular weight excluding hydrogens is 508 g/mol. The molecule has 218 valence electrons. The van der Waals surface area contributed by atoms with Gasteiger partial charge in [0.25, 0.3) is 0 Å². The van der Waals surface area contributed by atoms with Crippen molar-refractivity contribution in [1.82, 2.24) is 19.2 Å². The van der Waals surface area contributed by atoms with Crippen molar-refractivity contribution in [3.8, 4) is 34.4 Å². The standard InChI is InChI=1S/C31H44N4O5/c1-9-34-28(21-17-23(30(2,3)4)27(36)24(18-21)31(5,6)7)32-35(29(34)37)14-10-13-33(8)15-16-38-22-11-12-25-26(19-22)40-20-39-25/h11-12,17-19,36H,9-10,13-16,20H2,1-8H3. The van der Waals surface area contributed by atoms with Crippen molar-refractivity contribution in [3.05, 3.63) is 51.9 Å². The number of rotatable bonds is 10. The summed E-state index contributed by atoms with van der Waals surface area (Å²) in [6.45, 7) is 17.8. The summed E-state index contributed by atoms with van der Waals surface area (Å²) in [5.74, 6) is 3.15. The Hall–Kier alpha value is -3.46. The van der Waals surface area contributed by atoms with E-state index in [4.69, 9.17) is 19.3 Å². The molecule has 1 N–H and O–H groups in total. The van der Waals surface area contributed by atoms with Crippen LogP contribution in [0.1, 0.15) is 66.0 Å². The Kier molecular flexibility index (Phi) is 8.54. The Balaban J connectivity index is 1.43. The third kappa shape index (κ3) is 6.46. The van der Waals surface area contributed by atoms with Crippen molar-refractivity contribution in [2.45, 2.75) is 78.8 Å². The lowest BCUT2D eigenvalue weighted by atomic mass is 9.78. The normalized spacial score (nSPS) is 13.3. The SMILES string of the molecule is CCn1c(-c2cc(C(C)(C)C)c(O)c(C(C)(C)C)c2)nn(CCCN(C)CCOc2ccc3c(c2)OCO3)c1=O. The highest BCUT2D eigenvalue weighted by Crippen LogP contribution is 2.41. The molecule has 0 radical (unpaired) electrons. The second-order valence-electron chi connectivity index (χ2n) is 12.5. The zero-order chi connectivity index (χ0) is 29.2. The fraction of sp³-hybridized carbons (Fsp3) is 0.548. The number of hydrogen-bond donors (Lipinski definition) is 1. The molecule has 40 heavy (non-hydrogen) atoms. The Bertz CT molecular complexity index is 1360. The highest BCUT2D eigenvalue weighted by atomic mass is 16.7. The van der Waals surface area contributed by atoms with Crippen LogP contribution in [0.3, 0.4) is 0 Å². The molecule has 0 fully saturated rings. The fourth-order valence-electron chi connectivity index (χ4n) is 4.88. The molecule has 9 heteroatoms. The number of fused-ring (bicyclic) bond motifs is 1. The third-order valence-corrected chi connectivity index (χ3v) is 7.22. The van der Waals surface area contributed by atoms with E-state index >= 15 is 0 Å². The van der Waals surface area contributed by atoms with Gasteiger partial charge in [-0.15, -0.1) is 5.10 Å². The van der Waals surface area contributed by atoms with Gasteiger partial charge in [-0.3, -0.25) is 4.57 Å². The summed E-state index contributed by atoms with van der Waals surface area (Å²) in [6, 6.07) is 9.55. The van der Waals surface area contributed by atoms with Gasteiger partial charge in [0, 0.05) is 42.4 Å². The number of aryl methyl sites for hydroxylation is 1. The third-order valence-electron chi connectivity index (χ3n) is 7.22. The summed E-state index contributed by atoms with van der Waals surface area (Å²) in [7, 11) is 2.04. The first-order valence-corrected chi connectivity index (χ1v) is 14.1. The molecule has 2 heterocycles. The van der Waals surface area contributed by atoms with E-state index in [0.717, 1.165) is 47.7 Å². The quantitative estimate of drug-likeness (QED) is 0.371. The van der Waals surface area contributed by atoms with Gasteiger partial charge in [0.2, 0.25) is 6.79 Å². The second kappa shape index (κ2) is 11.6. The van der Waals surface area contributed by atoms with Crippen molar-refractivity contribution in [3.63, 3.8) is 0 Å². The van der Waals surface area contributed by atoms with Crippen LogP contribution in [0, 0.1) is 0 Å². The van der Waals surface area contributed by atoms with Gasteiger partial charge in [0.05, 0.1) is 0 Å². The summed E-state index contributed by atoms with van der Waals surface area (Å²) in [5.41, 5.74) is 1.90. The molecule has 1 aliphatic rings. The first-order valence-electron chi connectivity index (χ1n) is 14.1. The van der Waals surface area contributed by atoms with Gasteiger partial charge < -0.3 is 24.2 Å². The maximum absolute atomic E-state index is 13.3. The maximum atomic E-state index is 13.3. The molecule has 0 aliphatic carbocycles. The Morgan fingerprint density at radius 2 is 1.65 bits per heavy atom. The minimum Gasteiger partial charge on any atom is -0.507 e. The van der Waals surface area contributed by atoms with E-state index < -0.39 is 0 Å². The van der Waals surface area contributed by atoms with E-state index in [1.54, 1.807) is 9.25 Å². The lowest BCUT2D eigenvalue weighted by Gasteiger charge is -2.28. The summed E-state index contributed by atoms with van der Waals surface area (Å²) < 4.78 is 19.9. The van der Waals surface area contributed by atoms with Crippen LogP contribution in [0.25, 0.3) is 11.4 Å². The predicted octanol–water partition coefficient (Wildman–Crippen LogP) is 5.16. The minimum atomic E-state index is -0.267. The molecule has 0 atom stereocenters. The molecule has 1 aliphatic heterocycles. The van der Waals surface area contributed by atoms with Crippen LogP contribution in [-0.4, -0.2) is 57.9 Å². The Labute approximate surface area is 237 Å². The smallest absolute Gasteiger partial charge is 0.346 e. The molecule has 9 nitrogen and oxygen atoms in total. The molecule has 0 saturated carbocycles. The van der Waals surface area contributed by atoms with Crippen LogP contribution >= 0.6 is 0 Å². The van der Waals surface area contributed by atoms with E-state index in [9.17, 15) is 9.90 Å². The summed E-state index contributed by atoms with van der Waals surface area (Å²) >= 11 is 0. The molecule has 3 aromatic rings. The fourth-order valence-corrected chi connectivity index (χ4v) is 4.88. The molecule has 2 aromatic carbocycles. The first-order chi connectivity index (χ1) is 18.8.